The zero-order valence-electron chi connectivity index (χ0n) is 10.3. The third kappa shape index (κ3) is 2.38. The smallest absolute Gasteiger partial charge is 0.0794 e. The van der Waals surface area contributed by atoms with E-state index in [1.165, 1.54) is 44.1 Å². The summed E-state index contributed by atoms with van der Waals surface area (Å²) in [4.78, 5) is 10.8. The molecule has 2 fully saturated rings. The second kappa shape index (κ2) is 5.02. The quantitative estimate of drug-likeness (QED) is 0.862. The number of rotatable bonds is 3. The van der Waals surface area contributed by atoms with Crippen molar-refractivity contribution >= 4 is 11.3 Å². The molecule has 3 rings (SSSR count). The first-order valence-electron chi connectivity index (χ1n) is 6.42. The molecule has 0 radical (unpaired) electrons. The number of hydrogen-bond acceptors (Lipinski definition) is 5. The highest BCUT2D eigenvalue weighted by atomic mass is 32.1. The number of hydrogen-bond donors (Lipinski definition) is 1. The molecular weight excluding hydrogens is 232 g/mol. The Morgan fingerprint density at radius 1 is 1.35 bits per heavy atom. The fourth-order valence-electron chi connectivity index (χ4n) is 2.63. The molecule has 1 aromatic heterocycles. The summed E-state index contributed by atoms with van der Waals surface area (Å²) in [5.41, 5.74) is 1.93. The molecule has 0 bridgehead atoms. The van der Waals surface area contributed by atoms with E-state index in [4.69, 9.17) is 0 Å². The Morgan fingerprint density at radius 2 is 2.12 bits per heavy atom. The molecule has 2 saturated heterocycles. The van der Waals surface area contributed by atoms with Crippen LogP contribution in [0.25, 0.3) is 0 Å². The van der Waals surface area contributed by atoms with Gasteiger partial charge in [-0.25, -0.2) is 0 Å². The minimum Gasteiger partial charge on any atom is -0.314 e. The Morgan fingerprint density at radius 3 is 2.65 bits per heavy atom. The summed E-state index contributed by atoms with van der Waals surface area (Å²) >= 11 is 1.77. The Kier molecular flexibility index (Phi) is 3.42. The maximum atomic E-state index is 4.18. The Labute approximate surface area is 107 Å². The van der Waals surface area contributed by atoms with E-state index in [1.807, 2.05) is 11.7 Å². The molecule has 1 aromatic rings. The van der Waals surface area contributed by atoms with Crippen molar-refractivity contribution in [3.63, 3.8) is 0 Å². The van der Waals surface area contributed by atoms with Crippen molar-refractivity contribution in [1.29, 1.82) is 0 Å². The van der Waals surface area contributed by atoms with E-state index in [-0.39, 0.29) is 0 Å². The number of nitrogens with one attached hydrogen (secondary N) is 1. The number of piperazine rings is 1. The van der Waals surface area contributed by atoms with Crippen LogP contribution >= 0.6 is 11.3 Å². The first-order valence-corrected chi connectivity index (χ1v) is 7.30. The van der Waals surface area contributed by atoms with Crippen LogP contribution in [-0.2, 0) is 0 Å². The first kappa shape index (κ1) is 11.6. The van der Waals surface area contributed by atoms with Crippen molar-refractivity contribution in [2.45, 2.75) is 19.0 Å². The maximum absolute atomic E-state index is 4.18. The molecule has 4 nitrogen and oxygen atoms in total. The van der Waals surface area contributed by atoms with Crippen LogP contribution in [0.3, 0.4) is 0 Å². The SMILES string of the molecule is CC(c1cncs1)N1CCN(C2CNC2)CC1. The predicted octanol–water partition coefficient (Wildman–Crippen LogP) is 0.794. The van der Waals surface area contributed by atoms with Crippen molar-refractivity contribution in [2.75, 3.05) is 39.3 Å². The van der Waals surface area contributed by atoms with Crippen LogP contribution in [-0.4, -0.2) is 60.1 Å². The molecule has 3 heterocycles. The van der Waals surface area contributed by atoms with Crippen LogP contribution in [0, 0.1) is 0 Å². The van der Waals surface area contributed by atoms with E-state index < -0.39 is 0 Å². The number of aromatic nitrogens is 1. The van der Waals surface area contributed by atoms with Gasteiger partial charge in [0.25, 0.3) is 0 Å². The molecule has 0 amide bonds. The molecule has 5 heteroatoms. The van der Waals surface area contributed by atoms with Crippen LogP contribution in [0.2, 0.25) is 0 Å². The zero-order valence-corrected chi connectivity index (χ0v) is 11.1. The number of nitrogens with zero attached hydrogens (tertiary/aromatic N) is 3. The van der Waals surface area contributed by atoms with Gasteiger partial charge in [0, 0.05) is 62.4 Å². The van der Waals surface area contributed by atoms with Gasteiger partial charge in [0.15, 0.2) is 0 Å². The number of thiazole rings is 1. The highest BCUT2D eigenvalue weighted by molar-refractivity contribution is 7.09. The summed E-state index contributed by atoms with van der Waals surface area (Å²) in [6.45, 7) is 9.49. The lowest BCUT2D eigenvalue weighted by Crippen LogP contribution is -2.61. The second-order valence-corrected chi connectivity index (χ2v) is 5.88. The minimum atomic E-state index is 0.532. The highest BCUT2D eigenvalue weighted by Gasteiger charge is 2.29. The van der Waals surface area contributed by atoms with Crippen LogP contribution < -0.4 is 5.32 Å². The fraction of sp³-hybridized carbons (Fsp3) is 0.750. The van der Waals surface area contributed by atoms with Gasteiger partial charge in [0.05, 0.1) is 5.51 Å². The van der Waals surface area contributed by atoms with Gasteiger partial charge in [-0.15, -0.1) is 11.3 Å². The Balaban J connectivity index is 1.54. The van der Waals surface area contributed by atoms with E-state index in [2.05, 4.69) is 27.0 Å². The maximum Gasteiger partial charge on any atom is 0.0794 e. The zero-order chi connectivity index (χ0) is 11.7. The summed E-state index contributed by atoms with van der Waals surface area (Å²) < 4.78 is 0. The van der Waals surface area contributed by atoms with E-state index in [9.17, 15) is 0 Å². The molecule has 94 valence electrons. The summed E-state index contributed by atoms with van der Waals surface area (Å²) in [7, 11) is 0. The molecule has 0 spiro atoms. The molecule has 17 heavy (non-hydrogen) atoms. The topological polar surface area (TPSA) is 31.4 Å². The molecule has 0 saturated carbocycles. The normalized spacial score (nSPS) is 25.7. The van der Waals surface area contributed by atoms with Crippen LogP contribution in [0.1, 0.15) is 17.8 Å². The van der Waals surface area contributed by atoms with Gasteiger partial charge in [0.1, 0.15) is 0 Å². The van der Waals surface area contributed by atoms with Crippen LogP contribution in [0.5, 0.6) is 0 Å². The lowest BCUT2D eigenvalue weighted by atomic mass is 10.1. The van der Waals surface area contributed by atoms with Crippen molar-refractivity contribution < 1.29 is 0 Å². The average Bonchev–Trinajstić information content (AvgIpc) is 2.80. The minimum absolute atomic E-state index is 0.532. The van der Waals surface area contributed by atoms with Gasteiger partial charge < -0.3 is 5.32 Å². The molecule has 0 aliphatic carbocycles. The third-order valence-corrected chi connectivity index (χ3v) is 4.98. The summed E-state index contributed by atoms with van der Waals surface area (Å²) in [6, 6.07) is 1.33. The second-order valence-electron chi connectivity index (χ2n) is 4.96. The van der Waals surface area contributed by atoms with Gasteiger partial charge in [-0.1, -0.05) is 0 Å². The Bertz CT molecular complexity index is 341. The fourth-order valence-corrected chi connectivity index (χ4v) is 3.34. The molecule has 2 aliphatic rings. The largest absolute Gasteiger partial charge is 0.314 e. The van der Waals surface area contributed by atoms with Gasteiger partial charge in [-0.3, -0.25) is 14.8 Å². The average molecular weight is 252 g/mol. The predicted molar refractivity (Wildman–Crippen MR) is 70.3 cm³/mol. The first-order chi connectivity index (χ1) is 8.34. The van der Waals surface area contributed by atoms with Gasteiger partial charge in [-0.2, -0.15) is 0 Å². The summed E-state index contributed by atoms with van der Waals surface area (Å²) in [5.74, 6) is 0. The van der Waals surface area contributed by atoms with Crippen molar-refractivity contribution in [3.8, 4) is 0 Å². The lowest BCUT2D eigenvalue weighted by molar-refractivity contribution is 0.0559. The van der Waals surface area contributed by atoms with E-state index in [0.717, 1.165) is 6.04 Å². The lowest BCUT2D eigenvalue weighted by Gasteiger charge is -2.44. The van der Waals surface area contributed by atoms with Gasteiger partial charge in [0.2, 0.25) is 0 Å². The Hall–Kier alpha value is -0.490. The van der Waals surface area contributed by atoms with Gasteiger partial charge in [-0.05, 0) is 6.92 Å². The molecule has 1 atom stereocenters. The van der Waals surface area contributed by atoms with Crippen LogP contribution in [0.15, 0.2) is 11.7 Å². The van der Waals surface area contributed by atoms with E-state index in [0.29, 0.717) is 6.04 Å². The molecule has 1 unspecified atom stereocenters. The molecular formula is C12H20N4S. The van der Waals surface area contributed by atoms with Crippen molar-refractivity contribution in [3.05, 3.63) is 16.6 Å². The van der Waals surface area contributed by atoms with E-state index in [1.54, 1.807) is 11.3 Å². The van der Waals surface area contributed by atoms with Crippen molar-refractivity contribution in [2.24, 2.45) is 0 Å². The monoisotopic (exact) mass is 252 g/mol. The van der Waals surface area contributed by atoms with Crippen LogP contribution in [0.4, 0.5) is 0 Å². The summed E-state index contributed by atoms with van der Waals surface area (Å²) in [5, 5.41) is 3.35. The summed E-state index contributed by atoms with van der Waals surface area (Å²) in [6.07, 6.45) is 2.01. The standard InChI is InChI=1S/C12H20N4S/c1-10(12-8-14-9-17-12)15-2-4-16(5-3-15)11-6-13-7-11/h8-11,13H,2-7H2,1H3. The van der Waals surface area contributed by atoms with Gasteiger partial charge >= 0.3 is 0 Å². The van der Waals surface area contributed by atoms with E-state index >= 15 is 0 Å². The highest BCUT2D eigenvalue weighted by Crippen LogP contribution is 2.24. The molecule has 2 aliphatic heterocycles. The molecule has 0 aromatic carbocycles. The van der Waals surface area contributed by atoms with Crippen molar-refractivity contribution in [1.82, 2.24) is 20.1 Å². The molecule has 1 N–H and O–H groups in total. The third-order valence-electron chi connectivity index (χ3n) is 4.04.